The van der Waals surface area contributed by atoms with Crippen LogP contribution in [0.4, 0.5) is 5.82 Å². The summed E-state index contributed by atoms with van der Waals surface area (Å²) >= 11 is 9.48. The van der Waals surface area contributed by atoms with Gasteiger partial charge in [-0.15, -0.1) is 0 Å². The molecule has 1 aromatic heterocycles. The Morgan fingerprint density at radius 2 is 2.25 bits per heavy atom. The highest BCUT2D eigenvalue weighted by Gasteiger charge is 2.53. The Kier molecular flexibility index (Phi) is 2.63. The lowest BCUT2D eigenvalue weighted by atomic mass is 10.0. The summed E-state index contributed by atoms with van der Waals surface area (Å²) in [5.74, 6) is 1.78. The number of anilines is 1. The molecule has 0 amide bonds. The third kappa shape index (κ3) is 2.07. The molecule has 2 aliphatic rings. The van der Waals surface area contributed by atoms with Gasteiger partial charge in [-0.2, -0.15) is 0 Å². The quantitative estimate of drug-likeness (QED) is 0.905. The predicted octanol–water partition coefficient (Wildman–Crippen LogP) is 4.10. The molecule has 2 saturated carbocycles. The summed E-state index contributed by atoms with van der Waals surface area (Å²) in [4.78, 5) is 4.30. The van der Waals surface area contributed by atoms with Crippen LogP contribution in [-0.2, 0) is 0 Å². The molecule has 0 aromatic carbocycles. The summed E-state index contributed by atoms with van der Waals surface area (Å²) in [6.45, 7) is 1.03. The summed E-state index contributed by atoms with van der Waals surface area (Å²) in [6, 6.07) is 1.88. The van der Waals surface area contributed by atoms with Crippen LogP contribution in [0.1, 0.15) is 25.7 Å². The number of pyridine rings is 1. The van der Waals surface area contributed by atoms with Gasteiger partial charge in [0.25, 0.3) is 0 Å². The van der Waals surface area contributed by atoms with Crippen molar-refractivity contribution in [2.45, 2.75) is 25.7 Å². The molecule has 86 valence electrons. The second-order valence-corrected chi connectivity index (χ2v) is 6.30. The van der Waals surface area contributed by atoms with Crippen LogP contribution in [0, 0.1) is 11.3 Å². The van der Waals surface area contributed by atoms with Crippen LogP contribution < -0.4 is 5.32 Å². The maximum atomic E-state index is 6.12. The SMILES string of the molecule is Clc1cc(Br)cnc1NCC1(C2CC2)CC1. The fourth-order valence-electron chi connectivity index (χ4n) is 2.39. The van der Waals surface area contributed by atoms with E-state index in [2.05, 4.69) is 26.2 Å². The van der Waals surface area contributed by atoms with Crippen molar-refractivity contribution in [3.8, 4) is 0 Å². The highest BCUT2D eigenvalue weighted by atomic mass is 79.9. The summed E-state index contributed by atoms with van der Waals surface area (Å²) in [5, 5.41) is 4.10. The Labute approximate surface area is 109 Å². The molecule has 0 saturated heterocycles. The van der Waals surface area contributed by atoms with Crippen LogP contribution in [0.15, 0.2) is 16.7 Å². The first kappa shape index (κ1) is 10.8. The number of rotatable bonds is 4. The van der Waals surface area contributed by atoms with Crippen LogP contribution in [0.2, 0.25) is 5.02 Å². The average molecular weight is 302 g/mol. The molecule has 2 fully saturated rings. The van der Waals surface area contributed by atoms with Gasteiger partial charge in [0, 0.05) is 17.2 Å². The largest absolute Gasteiger partial charge is 0.368 e. The van der Waals surface area contributed by atoms with Crippen LogP contribution in [0.5, 0.6) is 0 Å². The van der Waals surface area contributed by atoms with E-state index in [0.717, 1.165) is 22.8 Å². The second-order valence-electron chi connectivity index (χ2n) is 4.97. The smallest absolute Gasteiger partial charge is 0.144 e. The van der Waals surface area contributed by atoms with E-state index in [0.29, 0.717) is 10.4 Å². The van der Waals surface area contributed by atoms with E-state index >= 15 is 0 Å². The molecule has 4 heteroatoms. The molecule has 2 aliphatic carbocycles. The Balaban J connectivity index is 1.66. The topological polar surface area (TPSA) is 24.9 Å². The molecule has 0 atom stereocenters. The van der Waals surface area contributed by atoms with Crippen molar-refractivity contribution in [3.63, 3.8) is 0 Å². The Morgan fingerprint density at radius 1 is 1.50 bits per heavy atom. The minimum atomic E-state index is 0.581. The predicted molar refractivity (Wildman–Crippen MR) is 69.8 cm³/mol. The first-order valence-electron chi connectivity index (χ1n) is 5.75. The normalized spacial score (nSPS) is 21.9. The van der Waals surface area contributed by atoms with E-state index in [4.69, 9.17) is 11.6 Å². The highest BCUT2D eigenvalue weighted by Crippen LogP contribution is 2.61. The monoisotopic (exact) mass is 300 g/mol. The van der Waals surface area contributed by atoms with E-state index < -0.39 is 0 Å². The van der Waals surface area contributed by atoms with Crippen molar-refractivity contribution in [2.75, 3.05) is 11.9 Å². The van der Waals surface area contributed by atoms with Crippen molar-refractivity contribution >= 4 is 33.3 Å². The van der Waals surface area contributed by atoms with Gasteiger partial charge < -0.3 is 5.32 Å². The number of aromatic nitrogens is 1. The molecule has 16 heavy (non-hydrogen) atoms. The summed E-state index contributed by atoms with van der Waals surface area (Å²) in [5.41, 5.74) is 0.581. The lowest BCUT2D eigenvalue weighted by molar-refractivity contribution is 0.466. The van der Waals surface area contributed by atoms with Crippen molar-refractivity contribution < 1.29 is 0 Å². The second kappa shape index (κ2) is 3.88. The van der Waals surface area contributed by atoms with Crippen LogP contribution >= 0.6 is 27.5 Å². The zero-order chi connectivity index (χ0) is 11.2. The molecule has 3 rings (SSSR count). The Hall–Kier alpha value is -0.280. The van der Waals surface area contributed by atoms with Gasteiger partial charge in [-0.25, -0.2) is 4.98 Å². The molecular weight excluding hydrogens is 288 g/mol. The van der Waals surface area contributed by atoms with Gasteiger partial charge in [0.05, 0.1) is 5.02 Å². The summed E-state index contributed by atoms with van der Waals surface area (Å²) in [7, 11) is 0. The number of nitrogens with one attached hydrogen (secondary N) is 1. The number of hydrogen-bond donors (Lipinski definition) is 1. The molecule has 0 unspecified atom stereocenters. The van der Waals surface area contributed by atoms with Crippen LogP contribution in [0.25, 0.3) is 0 Å². The standard InChI is InChI=1S/C12H14BrClN2/c13-9-5-10(14)11(15-6-9)16-7-12(3-4-12)8-1-2-8/h5-6,8H,1-4,7H2,(H,15,16). The molecule has 0 spiro atoms. The summed E-state index contributed by atoms with van der Waals surface area (Å²) < 4.78 is 0.923. The van der Waals surface area contributed by atoms with Gasteiger partial charge >= 0.3 is 0 Å². The summed E-state index contributed by atoms with van der Waals surface area (Å²) in [6.07, 6.45) is 7.37. The molecule has 0 aliphatic heterocycles. The molecule has 0 radical (unpaired) electrons. The van der Waals surface area contributed by atoms with Gasteiger partial charge in [0.1, 0.15) is 5.82 Å². The zero-order valence-electron chi connectivity index (χ0n) is 8.97. The maximum Gasteiger partial charge on any atom is 0.144 e. The van der Waals surface area contributed by atoms with Crippen molar-refractivity contribution in [3.05, 3.63) is 21.8 Å². The molecule has 1 heterocycles. The molecule has 1 N–H and O–H groups in total. The van der Waals surface area contributed by atoms with E-state index in [-0.39, 0.29) is 0 Å². The first-order chi connectivity index (χ1) is 7.70. The first-order valence-corrected chi connectivity index (χ1v) is 6.92. The minimum absolute atomic E-state index is 0.581. The van der Waals surface area contributed by atoms with Crippen LogP contribution in [-0.4, -0.2) is 11.5 Å². The molecule has 2 nitrogen and oxygen atoms in total. The lowest BCUT2D eigenvalue weighted by Crippen LogP contribution is -2.18. The van der Waals surface area contributed by atoms with Gasteiger partial charge in [0.2, 0.25) is 0 Å². The molecular formula is C12H14BrClN2. The number of halogens is 2. The molecule has 1 aromatic rings. The maximum absolute atomic E-state index is 6.12. The van der Waals surface area contributed by atoms with Crippen molar-refractivity contribution in [2.24, 2.45) is 11.3 Å². The fraction of sp³-hybridized carbons (Fsp3) is 0.583. The van der Waals surface area contributed by atoms with Crippen molar-refractivity contribution in [1.82, 2.24) is 4.98 Å². The third-order valence-corrected chi connectivity index (χ3v) is 4.47. The lowest BCUT2D eigenvalue weighted by Gasteiger charge is -2.16. The average Bonchev–Trinajstić information content (AvgIpc) is 3.11. The number of nitrogens with zero attached hydrogens (tertiary/aromatic N) is 1. The van der Waals surface area contributed by atoms with E-state index in [9.17, 15) is 0 Å². The van der Waals surface area contributed by atoms with Gasteiger partial charge in [0.15, 0.2) is 0 Å². The van der Waals surface area contributed by atoms with E-state index in [1.165, 1.54) is 25.7 Å². The minimum Gasteiger partial charge on any atom is -0.368 e. The van der Waals surface area contributed by atoms with E-state index in [1.54, 1.807) is 6.20 Å². The van der Waals surface area contributed by atoms with E-state index in [1.807, 2.05) is 6.07 Å². The fourth-order valence-corrected chi connectivity index (χ4v) is 3.09. The van der Waals surface area contributed by atoms with Crippen molar-refractivity contribution in [1.29, 1.82) is 0 Å². The van der Waals surface area contributed by atoms with Gasteiger partial charge in [-0.05, 0) is 59.0 Å². The Bertz CT molecular complexity index is 413. The van der Waals surface area contributed by atoms with Gasteiger partial charge in [-0.1, -0.05) is 11.6 Å². The Morgan fingerprint density at radius 3 is 2.81 bits per heavy atom. The van der Waals surface area contributed by atoms with Gasteiger partial charge in [-0.3, -0.25) is 0 Å². The molecule has 0 bridgehead atoms. The zero-order valence-corrected chi connectivity index (χ0v) is 11.3. The number of hydrogen-bond acceptors (Lipinski definition) is 2. The van der Waals surface area contributed by atoms with Crippen LogP contribution in [0.3, 0.4) is 0 Å². The third-order valence-electron chi connectivity index (χ3n) is 3.75. The highest BCUT2D eigenvalue weighted by molar-refractivity contribution is 9.10.